The highest BCUT2D eigenvalue weighted by Crippen LogP contribution is 2.13. The van der Waals surface area contributed by atoms with Crippen molar-refractivity contribution in [3.63, 3.8) is 0 Å². The molecule has 1 heterocycles. The van der Waals surface area contributed by atoms with Crippen LogP contribution in [0, 0.1) is 5.92 Å². The van der Waals surface area contributed by atoms with Gasteiger partial charge in [0.15, 0.2) is 0 Å². The van der Waals surface area contributed by atoms with E-state index in [9.17, 15) is 0 Å². The Labute approximate surface area is 131 Å². The molecule has 1 aromatic heterocycles. The van der Waals surface area contributed by atoms with Crippen molar-refractivity contribution in [3.8, 4) is 6.01 Å². The number of rotatable bonds is 11. The predicted octanol–water partition coefficient (Wildman–Crippen LogP) is 2.89. The largest absolute Gasteiger partial charge is 0.463 e. The molecule has 21 heavy (non-hydrogen) atoms. The highest BCUT2D eigenvalue weighted by molar-refractivity contribution is 7.98. The molecule has 1 unspecified atom stereocenters. The maximum absolute atomic E-state index is 5.52. The van der Waals surface area contributed by atoms with E-state index in [1.807, 2.05) is 11.8 Å². The van der Waals surface area contributed by atoms with Gasteiger partial charge in [-0.2, -0.15) is 26.7 Å². The summed E-state index contributed by atoms with van der Waals surface area (Å²) in [6.45, 7) is 8.65. The van der Waals surface area contributed by atoms with Crippen LogP contribution in [0.5, 0.6) is 6.01 Å². The first kappa shape index (κ1) is 17.8. The summed E-state index contributed by atoms with van der Waals surface area (Å²) in [4.78, 5) is 13.0. The first-order valence-corrected chi connectivity index (χ1v) is 8.94. The summed E-state index contributed by atoms with van der Waals surface area (Å²) in [5, 5.41) is 6.45. The van der Waals surface area contributed by atoms with E-state index in [2.05, 4.69) is 52.6 Å². The molecule has 0 amide bonds. The molecule has 0 radical (unpaired) electrons. The lowest BCUT2D eigenvalue weighted by molar-refractivity contribution is 0.292. The number of anilines is 2. The molecule has 1 atom stereocenters. The molecule has 0 bridgehead atoms. The number of aromatic nitrogens is 3. The van der Waals surface area contributed by atoms with Crippen LogP contribution in [0.2, 0.25) is 0 Å². The Bertz CT molecular complexity index is 379. The van der Waals surface area contributed by atoms with E-state index in [4.69, 9.17) is 4.74 Å². The van der Waals surface area contributed by atoms with Gasteiger partial charge in [-0.3, -0.25) is 0 Å². The highest BCUT2D eigenvalue weighted by atomic mass is 32.2. The topological polar surface area (TPSA) is 72.0 Å². The first-order valence-electron chi connectivity index (χ1n) is 7.55. The van der Waals surface area contributed by atoms with Gasteiger partial charge in [-0.25, -0.2) is 0 Å². The Balaban J connectivity index is 2.70. The van der Waals surface area contributed by atoms with E-state index in [0.29, 0.717) is 30.4 Å². The molecular formula is C14H27N5OS. The van der Waals surface area contributed by atoms with E-state index < -0.39 is 0 Å². The molecule has 0 saturated carbocycles. The molecule has 7 heteroatoms. The van der Waals surface area contributed by atoms with Crippen molar-refractivity contribution in [1.29, 1.82) is 0 Å². The molecule has 6 nitrogen and oxygen atoms in total. The van der Waals surface area contributed by atoms with Gasteiger partial charge in [0.1, 0.15) is 0 Å². The molecule has 0 aromatic carbocycles. The highest BCUT2D eigenvalue weighted by Gasteiger charge is 2.08. The van der Waals surface area contributed by atoms with Crippen LogP contribution < -0.4 is 15.4 Å². The number of thioether (sulfide) groups is 1. The molecule has 2 N–H and O–H groups in total. The fourth-order valence-electron chi connectivity index (χ4n) is 1.62. The summed E-state index contributed by atoms with van der Waals surface area (Å²) < 4.78 is 5.52. The molecule has 1 aromatic rings. The molecular weight excluding hydrogens is 286 g/mol. The third-order valence-corrected chi connectivity index (χ3v) is 3.55. The zero-order chi connectivity index (χ0) is 15.5. The van der Waals surface area contributed by atoms with Gasteiger partial charge >= 0.3 is 6.01 Å². The minimum atomic E-state index is 0.380. The van der Waals surface area contributed by atoms with Gasteiger partial charge < -0.3 is 15.4 Å². The minimum Gasteiger partial charge on any atom is -0.463 e. The van der Waals surface area contributed by atoms with Gasteiger partial charge in [0.25, 0.3) is 0 Å². The predicted molar refractivity (Wildman–Crippen MR) is 90.4 cm³/mol. The Morgan fingerprint density at radius 2 is 1.81 bits per heavy atom. The summed E-state index contributed by atoms with van der Waals surface area (Å²) in [5.74, 6) is 2.81. The zero-order valence-electron chi connectivity index (χ0n) is 13.5. The number of ether oxygens (including phenoxy) is 1. The van der Waals surface area contributed by atoms with Crippen LogP contribution in [-0.2, 0) is 0 Å². The molecule has 1 rings (SSSR count). The number of hydrogen-bond donors (Lipinski definition) is 2. The Morgan fingerprint density at radius 3 is 2.43 bits per heavy atom. The van der Waals surface area contributed by atoms with Crippen LogP contribution in [-0.4, -0.2) is 46.7 Å². The zero-order valence-corrected chi connectivity index (χ0v) is 14.3. The summed E-state index contributed by atoms with van der Waals surface area (Å²) in [6.07, 6.45) is 4.06. The molecule has 0 aliphatic rings. The standard InChI is InChI=1S/C14H27N5OS/c1-5-7-15-12-17-13(16-9-11(3)10-21-4)19-14(18-12)20-8-6-2/h11H,5-10H2,1-4H3,(H2,15,16,17,18,19). The van der Waals surface area contributed by atoms with Crippen molar-refractivity contribution in [2.75, 3.05) is 42.3 Å². The van der Waals surface area contributed by atoms with Crippen LogP contribution >= 0.6 is 11.8 Å². The van der Waals surface area contributed by atoms with E-state index >= 15 is 0 Å². The van der Waals surface area contributed by atoms with Crippen LogP contribution in [0.25, 0.3) is 0 Å². The maximum atomic E-state index is 5.52. The number of hydrogen-bond acceptors (Lipinski definition) is 7. The van der Waals surface area contributed by atoms with Crippen molar-refractivity contribution >= 4 is 23.7 Å². The third-order valence-electron chi connectivity index (χ3n) is 2.64. The van der Waals surface area contributed by atoms with Gasteiger partial charge in [-0.05, 0) is 30.8 Å². The van der Waals surface area contributed by atoms with Crippen molar-refractivity contribution < 1.29 is 4.74 Å². The summed E-state index contributed by atoms with van der Waals surface area (Å²) in [5.41, 5.74) is 0. The average Bonchev–Trinajstić information content (AvgIpc) is 2.49. The van der Waals surface area contributed by atoms with Crippen molar-refractivity contribution in [1.82, 2.24) is 15.0 Å². The van der Waals surface area contributed by atoms with Crippen LogP contribution in [0.15, 0.2) is 0 Å². The lowest BCUT2D eigenvalue weighted by atomic mass is 10.2. The van der Waals surface area contributed by atoms with Gasteiger partial charge in [-0.15, -0.1) is 0 Å². The van der Waals surface area contributed by atoms with E-state index in [1.54, 1.807) is 0 Å². The third kappa shape index (κ3) is 7.36. The van der Waals surface area contributed by atoms with Crippen LogP contribution in [0.3, 0.4) is 0 Å². The number of nitrogens with one attached hydrogen (secondary N) is 2. The van der Waals surface area contributed by atoms with Crippen LogP contribution in [0.4, 0.5) is 11.9 Å². The molecule has 0 aliphatic carbocycles. The first-order chi connectivity index (χ1) is 10.2. The van der Waals surface area contributed by atoms with Crippen molar-refractivity contribution in [2.24, 2.45) is 5.92 Å². The molecule has 0 saturated heterocycles. The van der Waals surface area contributed by atoms with Gasteiger partial charge in [-0.1, -0.05) is 20.8 Å². The summed E-state index contributed by atoms with van der Waals surface area (Å²) >= 11 is 1.84. The average molecular weight is 313 g/mol. The van der Waals surface area contributed by atoms with Gasteiger partial charge in [0.2, 0.25) is 11.9 Å². The fraction of sp³-hybridized carbons (Fsp3) is 0.786. The maximum Gasteiger partial charge on any atom is 0.323 e. The normalized spacial score (nSPS) is 12.0. The van der Waals surface area contributed by atoms with E-state index in [1.165, 1.54) is 0 Å². The van der Waals surface area contributed by atoms with Crippen molar-refractivity contribution in [2.45, 2.75) is 33.6 Å². The molecule has 0 aliphatic heterocycles. The lowest BCUT2D eigenvalue weighted by Gasteiger charge is -2.13. The quantitative estimate of drug-likeness (QED) is 0.651. The second-order valence-corrected chi connectivity index (χ2v) is 5.89. The SMILES string of the molecule is CCCNc1nc(NCC(C)CSC)nc(OCCC)n1. The van der Waals surface area contributed by atoms with Gasteiger partial charge in [0, 0.05) is 13.1 Å². The van der Waals surface area contributed by atoms with Crippen LogP contribution in [0.1, 0.15) is 33.6 Å². The van der Waals surface area contributed by atoms with Crippen molar-refractivity contribution in [3.05, 3.63) is 0 Å². The Hall–Kier alpha value is -1.24. The molecule has 120 valence electrons. The monoisotopic (exact) mass is 313 g/mol. The summed E-state index contributed by atoms with van der Waals surface area (Å²) in [7, 11) is 0. The Kier molecular flexibility index (Phi) is 8.89. The van der Waals surface area contributed by atoms with Gasteiger partial charge in [0.05, 0.1) is 6.61 Å². The molecule has 0 spiro atoms. The second kappa shape index (κ2) is 10.5. The molecule has 0 fully saturated rings. The number of nitrogens with zero attached hydrogens (tertiary/aromatic N) is 3. The Morgan fingerprint density at radius 1 is 1.10 bits per heavy atom. The van der Waals surface area contributed by atoms with E-state index in [-0.39, 0.29) is 0 Å². The minimum absolute atomic E-state index is 0.380. The smallest absolute Gasteiger partial charge is 0.323 e. The fourth-order valence-corrected chi connectivity index (χ4v) is 2.31. The van der Waals surface area contributed by atoms with E-state index in [0.717, 1.165) is 31.7 Å². The lowest BCUT2D eigenvalue weighted by Crippen LogP contribution is -2.17. The summed E-state index contributed by atoms with van der Waals surface area (Å²) in [6, 6.07) is 0.380. The second-order valence-electron chi connectivity index (χ2n) is 4.98.